The van der Waals surface area contributed by atoms with Gasteiger partial charge >= 0.3 is 0 Å². The Kier molecular flexibility index (Phi) is 4.00. The van der Waals surface area contributed by atoms with Gasteiger partial charge in [-0.05, 0) is 12.5 Å². The first-order valence-electron chi connectivity index (χ1n) is 6.87. The van der Waals surface area contributed by atoms with Crippen molar-refractivity contribution >= 4 is 33.3 Å². The molecule has 0 unspecified atom stereocenters. The molecule has 0 bridgehead atoms. The number of anilines is 2. The third-order valence-electron chi connectivity index (χ3n) is 3.29. The molecule has 20 heavy (non-hydrogen) atoms. The van der Waals surface area contributed by atoms with Gasteiger partial charge in [0.05, 0.1) is 18.6 Å². The SMILES string of the molecule is CCc1cc2c(NN3CCOCC3)nc(NC)nc2s1. The Balaban J connectivity index is 1.95. The molecule has 0 atom stereocenters. The number of fused-ring (bicyclic) bond motifs is 1. The van der Waals surface area contributed by atoms with Crippen molar-refractivity contribution in [2.75, 3.05) is 44.1 Å². The highest BCUT2D eigenvalue weighted by Gasteiger charge is 2.15. The lowest BCUT2D eigenvalue weighted by atomic mass is 10.3. The van der Waals surface area contributed by atoms with Crippen LogP contribution in [0.4, 0.5) is 11.8 Å². The molecule has 0 aromatic carbocycles. The average Bonchev–Trinajstić information content (AvgIpc) is 2.91. The zero-order chi connectivity index (χ0) is 13.9. The minimum Gasteiger partial charge on any atom is -0.379 e. The van der Waals surface area contributed by atoms with E-state index in [0.717, 1.165) is 48.8 Å². The number of ether oxygens (including phenoxy) is 1. The maximum Gasteiger partial charge on any atom is 0.225 e. The third-order valence-corrected chi connectivity index (χ3v) is 4.46. The van der Waals surface area contributed by atoms with Crippen molar-refractivity contribution in [3.05, 3.63) is 10.9 Å². The van der Waals surface area contributed by atoms with Crippen molar-refractivity contribution in [3.8, 4) is 0 Å². The highest BCUT2D eigenvalue weighted by Crippen LogP contribution is 2.30. The zero-order valence-electron chi connectivity index (χ0n) is 11.8. The molecule has 1 saturated heterocycles. The lowest BCUT2D eigenvalue weighted by Crippen LogP contribution is -2.40. The molecule has 1 aliphatic heterocycles. The quantitative estimate of drug-likeness (QED) is 0.898. The van der Waals surface area contributed by atoms with Crippen molar-refractivity contribution in [1.29, 1.82) is 0 Å². The Hall–Kier alpha value is -1.44. The van der Waals surface area contributed by atoms with E-state index < -0.39 is 0 Å². The fourth-order valence-corrected chi connectivity index (χ4v) is 3.13. The fraction of sp³-hybridized carbons (Fsp3) is 0.538. The van der Waals surface area contributed by atoms with Crippen LogP contribution in [0.25, 0.3) is 10.2 Å². The van der Waals surface area contributed by atoms with Crippen LogP contribution in [0.3, 0.4) is 0 Å². The molecule has 2 aromatic heterocycles. The molecule has 2 aromatic rings. The van der Waals surface area contributed by atoms with E-state index in [9.17, 15) is 0 Å². The second kappa shape index (κ2) is 5.90. The molecule has 108 valence electrons. The number of hydrogen-bond acceptors (Lipinski definition) is 7. The molecule has 2 N–H and O–H groups in total. The average molecular weight is 293 g/mol. The minimum absolute atomic E-state index is 0.651. The highest BCUT2D eigenvalue weighted by atomic mass is 32.1. The number of hydrazine groups is 1. The van der Waals surface area contributed by atoms with Crippen LogP contribution in [-0.2, 0) is 11.2 Å². The van der Waals surface area contributed by atoms with Gasteiger partial charge in [0.25, 0.3) is 0 Å². The predicted octanol–water partition coefficient (Wildman–Crippen LogP) is 1.95. The summed E-state index contributed by atoms with van der Waals surface area (Å²) in [5.41, 5.74) is 3.40. The molecule has 0 radical (unpaired) electrons. The van der Waals surface area contributed by atoms with E-state index in [-0.39, 0.29) is 0 Å². The van der Waals surface area contributed by atoms with Gasteiger partial charge in [-0.2, -0.15) is 4.98 Å². The van der Waals surface area contributed by atoms with Gasteiger partial charge in [0, 0.05) is 25.0 Å². The number of rotatable bonds is 4. The smallest absolute Gasteiger partial charge is 0.225 e. The molecule has 0 spiro atoms. The van der Waals surface area contributed by atoms with Crippen molar-refractivity contribution in [2.45, 2.75) is 13.3 Å². The Labute approximate surface area is 122 Å². The largest absolute Gasteiger partial charge is 0.379 e. The molecule has 7 heteroatoms. The lowest BCUT2D eigenvalue weighted by molar-refractivity contribution is 0.0495. The number of nitrogens with one attached hydrogen (secondary N) is 2. The molecule has 0 aliphatic carbocycles. The number of aryl methyl sites for hydroxylation is 1. The monoisotopic (exact) mass is 293 g/mol. The molecule has 0 saturated carbocycles. The molecule has 6 nitrogen and oxygen atoms in total. The fourth-order valence-electron chi connectivity index (χ4n) is 2.17. The van der Waals surface area contributed by atoms with Gasteiger partial charge in [0.2, 0.25) is 5.95 Å². The van der Waals surface area contributed by atoms with Crippen LogP contribution in [0.15, 0.2) is 6.07 Å². The van der Waals surface area contributed by atoms with Crippen molar-refractivity contribution < 1.29 is 4.74 Å². The van der Waals surface area contributed by atoms with Crippen LogP contribution in [-0.4, -0.2) is 48.3 Å². The van der Waals surface area contributed by atoms with E-state index in [2.05, 4.69) is 38.7 Å². The summed E-state index contributed by atoms with van der Waals surface area (Å²) in [5, 5.41) is 6.27. The van der Waals surface area contributed by atoms with Gasteiger partial charge in [-0.25, -0.2) is 9.99 Å². The molecule has 0 amide bonds. The molecule has 3 rings (SSSR count). The number of thiophene rings is 1. The van der Waals surface area contributed by atoms with Gasteiger partial charge in [0.1, 0.15) is 4.83 Å². The van der Waals surface area contributed by atoms with Gasteiger partial charge in [-0.15, -0.1) is 11.3 Å². The van der Waals surface area contributed by atoms with Crippen molar-refractivity contribution in [3.63, 3.8) is 0 Å². The molecular formula is C13H19N5OS. The van der Waals surface area contributed by atoms with Crippen LogP contribution in [0, 0.1) is 0 Å². The highest BCUT2D eigenvalue weighted by molar-refractivity contribution is 7.18. The first kappa shape index (κ1) is 13.5. The van der Waals surface area contributed by atoms with Crippen LogP contribution >= 0.6 is 11.3 Å². The Morgan fingerprint density at radius 1 is 1.35 bits per heavy atom. The summed E-state index contributed by atoms with van der Waals surface area (Å²) < 4.78 is 5.37. The molecule has 1 aliphatic rings. The second-order valence-electron chi connectivity index (χ2n) is 4.64. The summed E-state index contributed by atoms with van der Waals surface area (Å²) in [6, 6.07) is 2.18. The van der Waals surface area contributed by atoms with Gasteiger partial charge in [-0.1, -0.05) is 6.92 Å². The maximum absolute atomic E-state index is 5.37. The van der Waals surface area contributed by atoms with Crippen molar-refractivity contribution in [1.82, 2.24) is 15.0 Å². The summed E-state index contributed by atoms with van der Waals surface area (Å²) in [5.74, 6) is 1.52. The van der Waals surface area contributed by atoms with Gasteiger partial charge < -0.3 is 15.5 Å². The number of aromatic nitrogens is 2. The second-order valence-corrected chi connectivity index (χ2v) is 5.76. The Bertz CT molecular complexity index is 594. The first-order valence-corrected chi connectivity index (χ1v) is 7.69. The van der Waals surface area contributed by atoms with E-state index in [0.29, 0.717) is 5.95 Å². The van der Waals surface area contributed by atoms with E-state index in [4.69, 9.17) is 4.74 Å². The number of hydrogen-bond donors (Lipinski definition) is 2. The zero-order valence-corrected chi connectivity index (χ0v) is 12.6. The van der Waals surface area contributed by atoms with E-state index in [1.807, 2.05) is 7.05 Å². The lowest BCUT2D eigenvalue weighted by Gasteiger charge is -2.27. The number of nitrogens with zero attached hydrogens (tertiary/aromatic N) is 3. The maximum atomic E-state index is 5.37. The summed E-state index contributed by atoms with van der Waals surface area (Å²) >= 11 is 1.73. The predicted molar refractivity (Wildman–Crippen MR) is 82.4 cm³/mol. The Morgan fingerprint density at radius 3 is 2.85 bits per heavy atom. The van der Waals surface area contributed by atoms with Gasteiger partial charge in [-0.3, -0.25) is 0 Å². The standard InChI is InChI=1S/C13H19N5OS/c1-3-9-8-10-11(17-18-4-6-19-7-5-18)15-13(14-2)16-12(10)20-9/h8H,3-7H2,1-2H3,(H2,14,15,16,17). The molecule has 3 heterocycles. The van der Waals surface area contributed by atoms with Crippen LogP contribution in [0.2, 0.25) is 0 Å². The van der Waals surface area contributed by atoms with Gasteiger partial charge in [0.15, 0.2) is 5.82 Å². The normalized spacial score (nSPS) is 16.5. The molecular weight excluding hydrogens is 274 g/mol. The number of morpholine rings is 1. The summed E-state index contributed by atoms with van der Waals surface area (Å²) in [4.78, 5) is 11.4. The topological polar surface area (TPSA) is 62.3 Å². The van der Waals surface area contributed by atoms with Crippen LogP contribution < -0.4 is 10.7 Å². The third kappa shape index (κ3) is 2.70. The summed E-state index contributed by atoms with van der Waals surface area (Å²) in [7, 11) is 1.84. The summed E-state index contributed by atoms with van der Waals surface area (Å²) in [6.45, 7) is 5.40. The van der Waals surface area contributed by atoms with E-state index >= 15 is 0 Å². The molecule has 1 fully saturated rings. The van der Waals surface area contributed by atoms with Crippen LogP contribution in [0.5, 0.6) is 0 Å². The minimum atomic E-state index is 0.651. The van der Waals surface area contributed by atoms with Crippen molar-refractivity contribution in [2.24, 2.45) is 0 Å². The summed E-state index contributed by atoms with van der Waals surface area (Å²) in [6.07, 6.45) is 1.02. The Morgan fingerprint density at radius 2 is 2.15 bits per heavy atom. The van der Waals surface area contributed by atoms with E-state index in [1.165, 1.54) is 4.88 Å². The first-order chi connectivity index (χ1) is 9.80. The van der Waals surface area contributed by atoms with E-state index in [1.54, 1.807) is 11.3 Å². The van der Waals surface area contributed by atoms with Crippen LogP contribution in [0.1, 0.15) is 11.8 Å².